The van der Waals surface area contributed by atoms with Gasteiger partial charge in [-0.05, 0) is 50.1 Å². The monoisotopic (exact) mass is 464 g/mol. The molecule has 0 radical (unpaired) electrons. The second-order valence-electron chi connectivity index (χ2n) is 7.68. The Morgan fingerprint density at radius 1 is 1.06 bits per heavy atom. The number of nitrogens with one attached hydrogen (secondary N) is 1. The van der Waals surface area contributed by atoms with E-state index in [1.54, 1.807) is 32.4 Å². The molecular weight excluding hydrogens is 440 g/mol. The average Bonchev–Trinajstić information content (AvgIpc) is 3.23. The number of aromatic nitrogens is 3. The van der Waals surface area contributed by atoms with Gasteiger partial charge in [-0.25, -0.2) is 9.50 Å². The number of nitrogens with zero attached hydrogens (tertiary/aromatic N) is 3. The number of aryl methyl sites for hydroxylation is 2. The molecular formula is C25H25ClN4O3. The van der Waals surface area contributed by atoms with Gasteiger partial charge in [-0.2, -0.15) is 5.10 Å². The summed E-state index contributed by atoms with van der Waals surface area (Å²) in [5, 5.41) is 8.33. The molecule has 0 saturated heterocycles. The Morgan fingerprint density at radius 3 is 2.52 bits per heavy atom. The number of carbonyl (C=O) groups is 1. The van der Waals surface area contributed by atoms with Crippen molar-refractivity contribution in [3.63, 3.8) is 0 Å². The lowest BCUT2D eigenvalue weighted by Crippen LogP contribution is -2.15. The molecule has 2 heterocycles. The standard InChI is InChI=1S/C25H25ClN4O3/c1-15-20(10-12-25(31)28-22-13-19(32-3)9-11-23(22)33-4)16(2)30-24(27-15)14-21(29-30)17-5-7-18(26)8-6-17/h5-9,11,13-14H,10,12H2,1-4H3,(H,28,31). The summed E-state index contributed by atoms with van der Waals surface area (Å²) >= 11 is 6.00. The summed E-state index contributed by atoms with van der Waals surface area (Å²) in [6.07, 6.45) is 0.829. The van der Waals surface area contributed by atoms with Gasteiger partial charge >= 0.3 is 0 Å². The summed E-state index contributed by atoms with van der Waals surface area (Å²) in [7, 11) is 3.14. The molecule has 4 aromatic rings. The zero-order valence-electron chi connectivity index (χ0n) is 19.0. The lowest BCUT2D eigenvalue weighted by molar-refractivity contribution is -0.116. The first-order valence-electron chi connectivity index (χ1n) is 10.5. The van der Waals surface area contributed by atoms with Crippen molar-refractivity contribution < 1.29 is 14.3 Å². The van der Waals surface area contributed by atoms with Crippen molar-refractivity contribution in [3.05, 3.63) is 70.5 Å². The van der Waals surface area contributed by atoms with Crippen LogP contribution in [0.3, 0.4) is 0 Å². The van der Waals surface area contributed by atoms with E-state index in [2.05, 4.69) is 5.32 Å². The topological polar surface area (TPSA) is 77.8 Å². The maximum absolute atomic E-state index is 12.7. The van der Waals surface area contributed by atoms with Crippen molar-refractivity contribution >= 4 is 28.8 Å². The van der Waals surface area contributed by atoms with Crippen LogP contribution in [0, 0.1) is 13.8 Å². The number of halogens is 1. The SMILES string of the molecule is COc1ccc(OC)c(NC(=O)CCc2c(C)nc3cc(-c4ccc(Cl)cc4)nn3c2C)c1. The van der Waals surface area contributed by atoms with Crippen LogP contribution < -0.4 is 14.8 Å². The second kappa shape index (κ2) is 9.50. The number of benzene rings is 2. The highest BCUT2D eigenvalue weighted by atomic mass is 35.5. The van der Waals surface area contributed by atoms with Crippen LogP contribution in [0.2, 0.25) is 5.02 Å². The van der Waals surface area contributed by atoms with E-state index in [1.807, 2.05) is 48.7 Å². The van der Waals surface area contributed by atoms with Crippen molar-refractivity contribution in [2.24, 2.45) is 0 Å². The molecule has 0 aliphatic heterocycles. The van der Waals surface area contributed by atoms with Gasteiger partial charge < -0.3 is 14.8 Å². The molecule has 1 amide bonds. The first-order valence-corrected chi connectivity index (χ1v) is 10.9. The van der Waals surface area contributed by atoms with E-state index in [0.717, 1.165) is 33.9 Å². The highest BCUT2D eigenvalue weighted by Crippen LogP contribution is 2.29. The molecule has 4 rings (SSSR count). The third-order valence-electron chi connectivity index (χ3n) is 5.59. The lowest BCUT2D eigenvalue weighted by atomic mass is 10.1. The molecule has 0 saturated carbocycles. The molecule has 33 heavy (non-hydrogen) atoms. The fourth-order valence-electron chi connectivity index (χ4n) is 3.81. The summed E-state index contributed by atoms with van der Waals surface area (Å²) in [6.45, 7) is 3.96. The van der Waals surface area contributed by atoms with Crippen molar-refractivity contribution in [3.8, 4) is 22.8 Å². The van der Waals surface area contributed by atoms with E-state index in [-0.39, 0.29) is 5.91 Å². The minimum Gasteiger partial charge on any atom is -0.497 e. The van der Waals surface area contributed by atoms with Gasteiger partial charge in [0.05, 0.1) is 25.6 Å². The minimum atomic E-state index is -0.122. The summed E-state index contributed by atoms with van der Waals surface area (Å²) < 4.78 is 12.4. The Morgan fingerprint density at radius 2 is 1.82 bits per heavy atom. The number of amides is 1. The van der Waals surface area contributed by atoms with Crippen LogP contribution in [0.4, 0.5) is 5.69 Å². The number of methoxy groups -OCH3 is 2. The Labute approximate surface area is 197 Å². The predicted octanol–water partition coefficient (Wildman–Crippen LogP) is 5.26. The molecule has 0 aliphatic carbocycles. The Bertz CT molecular complexity index is 1320. The summed E-state index contributed by atoms with van der Waals surface area (Å²) in [5.74, 6) is 1.09. The molecule has 8 heteroatoms. The predicted molar refractivity (Wildman–Crippen MR) is 129 cm³/mol. The fourth-order valence-corrected chi connectivity index (χ4v) is 3.94. The van der Waals surface area contributed by atoms with Crippen LogP contribution in [0.25, 0.3) is 16.9 Å². The summed E-state index contributed by atoms with van der Waals surface area (Å²) in [5.41, 5.74) is 5.98. The first-order chi connectivity index (χ1) is 15.9. The molecule has 2 aromatic heterocycles. The van der Waals surface area contributed by atoms with Gasteiger partial charge in [-0.1, -0.05) is 23.7 Å². The summed E-state index contributed by atoms with van der Waals surface area (Å²) in [4.78, 5) is 17.4. The largest absolute Gasteiger partial charge is 0.497 e. The third-order valence-corrected chi connectivity index (χ3v) is 5.84. The van der Waals surface area contributed by atoms with Crippen molar-refractivity contribution in [1.29, 1.82) is 0 Å². The average molecular weight is 465 g/mol. The number of hydrogen-bond donors (Lipinski definition) is 1. The van der Waals surface area contributed by atoms with E-state index in [0.29, 0.717) is 35.1 Å². The van der Waals surface area contributed by atoms with Crippen LogP contribution in [0.5, 0.6) is 11.5 Å². The van der Waals surface area contributed by atoms with Gasteiger partial charge in [0.25, 0.3) is 0 Å². The zero-order chi connectivity index (χ0) is 23.5. The number of anilines is 1. The van der Waals surface area contributed by atoms with Crippen LogP contribution in [-0.4, -0.2) is 34.7 Å². The van der Waals surface area contributed by atoms with Crippen molar-refractivity contribution in [2.45, 2.75) is 26.7 Å². The molecule has 7 nitrogen and oxygen atoms in total. The molecule has 0 spiro atoms. The van der Waals surface area contributed by atoms with Crippen LogP contribution in [-0.2, 0) is 11.2 Å². The Hall–Kier alpha value is -3.58. The Kier molecular flexibility index (Phi) is 6.51. The van der Waals surface area contributed by atoms with E-state index >= 15 is 0 Å². The Balaban J connectivity index is 1.54. The number of hydrogen-bond acceptors (Lipinski definition) is 5. The number of ether oxygens (including phenoxy) is 2. The van der Waals surface area contributed by atoms with Gasteiger partial charge in [0.1, 0.15) is 11.5 Å². The van der Waals surface area contributed by atoms with Crippen LogP contribution in [0.1, 0.15) is 23.4 Å². The van der Waals surface area contributed by atoms with E-state index in [4.69, 9.17) is 31.2 Å². The molecule has 170 valence electrons. The highest BCUT2D eigenvalue weighted by Gasteiger charge is 2.15. The lowest BCUT2D eigenvalue weighted by Gasteiger charge is -2.13. The third kappa shape index (κ3) is 4.78. The fraction of sp³-hybridized carbons (Fsp3) is 0.240. The molecule has 0 bridgehead atoms. The number of carbonyl (C=O) groups excluding carboxylic acids is 1. The molecule has 1 N–H and O–H groups in total. The minimum absolute atomic E-state index is 0.122. The van der Waals surface area contributed by atoms with Gasteiger partial charge in [0.15, 0.2) is 5.65 Å². The molecule has 0 aliphatic rings. The maximum atomic E-state index is 12.7. The second-order valence-corrected chi connectivity index (χ2v) is 8.12. The van der Waals surface area contributed by atoms with Gasteiger partial charge in [0.2, 0.25) is 5.91 Å². The molecule has 0 fully saturated rings. The first kappa shape index (κ1) is 22.6. The van der Waals surface area contributed by atoms with Crippen LogP contribution in [0.15, 0.2) is 48.5 Å². The van der Waals surface area contributed by atoms with Crippen molar-refractivity contribution in [1.82, 2.24) is 14.6 Å². The normalized spacial score (nSPS) is 10.9. The number of rotatable bonds is 7. The highest BCUT2D eigenvalue weighted by molar-refractivity contribution is 6.30. The van der Waals surface area contributed by atoms with Gasteiger partial charge in [0, 0.05) is 40.5 Å². The van der Waals surface area contributed by atoms with Gasteiger partial charge in [-0.3, -0.25) is 4.79 Å². The zero-order valence-corrected chi connectivity index (χ0v) is 19.7. The molecule has 2 aromatic carbocycles. The molecule has 0 unspecified atom stereocenters. The quantitative estimate of drug-likeness (QED) is 0.404. The maximum Gasteiger partial charge on any atom is 0.224 e. The molecule has 0 atom stereocenters. The van der Waals surface area contributed by atoms with Crippen LogP contribution >= 0.6 is 11.6 Å². The van der Waals surface area contributed by atoms with E-state index in [1.165, 1.54) is 0 Å². The van der Waals surface area contributed by atoms with E-state index in [9.17, 15) is 4.79 Å². The van der Waals surface area contributed by atoms with Gasteiger partial charge in [-0.15, -0.1) is 0 Å². The number of fused-ring (bicyclic) bond motifs is 1. The van der Waals surface area contributed by atoms with E-state index < -0.39 is 0 Å². The van der Waals surface area contributed by atoms with Crippen molar-refractivity contribution in [2.75, 3.05) is 19.5 Å². The smallest absolute Gasteiger partial charge is 0.224 e. The summed E-state index contributed by atoms with van der Waals surface area (Å²) in [6, 6.07) is 14.8.